The third kappa shape index (κ3) is 4.06. The second-order valence-corrected chi connectivity index (χ2v) is 5.22. The van der Waals surface area contributed by atoms with Crippen LogP contribution in [-0.4, -0.2) is 0 Å². The van der Waals surface area contributed by atoms with E-state index >= 15 is 0 Å². The van der Waals surface area contributed by atoms with Crippen LogP contribution in [0.25, 0.3) is 5.57 Å². The molecule has 0 nitrogen and oxygen atoms in total. The molecular weight excluding hydrogens is 252 g/mol. The fraction of sp³-hybridized carbons (Fsp3) is 0.143. The van der Waals surface area contributed by atoms with Crippen molar-refractivity contribution in [3.05, 3.63) is 102 Å². The SMILES string of the molecule is C=C/C=C\C(=C(/C)c1ccccc1)C1C=CC=C(C)C=C1. The fourth-order valence-electron chi connectivity index (χ4n) is 2.42. The highest BCUT2D eigenvalue weighted by Crippen LogP contribution is 2.28. The van der Waals surface area contributed by atoms with Crippen molar-refractivity contribution >= 4 is 5.57 Å². The van der Waals surface area contributed by atoms with Crippen LogP contribution in [0.15, 0.2) is 96.7 Å². The van der Waals surface area contributed by atoms with Crippen molar-refractivity contribution in [2.24, 2.45) is 5.92 Å². The average Bonchev–Trinajstić information content (AvgIpc) is 2.73. The van der Waals surface area contributed by atoms with Gasteiger partial charge in [0, 0.05) is 5.92 Å². The molecule has 0 bridgehead atoms. The highest BCUT2D eigenvalue weighted by atomic mass is 14.1. The normalized spacial score (nSPS) is 19.1. The lowest BCUT2D eigenvalue weighted by Gasteiger charge is -2.14. The van der Waals surface area contributed by atoms with Gasteiger partial charge in [-0.3, -0.25) is 0 Å². The van der Waals surface area contributed by atoms with Crippen LogP contribution < -0.4 is 0 Å². The molecule has 0 spiro atoms. The zero-order chi connectivity index (χ0) is 15.1. The number of rotatable bonds is 4. The van der Waals surface area contributed by atoms with E-state index in [2.05, 4.69) is 87.2 Å². The highest BCUT2D eigenvalue weighted by Gasteiger charge is 2.11. The van der Waals surface area contributed by atoms with Gasteiger partial charge in [-0.05, 0) is 30.6 Å². The Morgan fingerprint density at radius 1 is 1.14 bits per heavy atom. The van der Waals surface area contributed by atoms with Gasteiger partial charge in [-0.25, -0.2) is 0 Å². The van der Waals surface area contributed by atoms with E-state index in [1.54, 1.807) is 0 Å². The van der Waals surface area contributed by atoms with Gasteiger partial charge in [0.05, 0.1) is 0 Å². The van der Waals surface area contributed by atoms with E-state index in [1.165, 1.54) is 22.3 Å². The lowest BCUT2D eigenvalue weighted by atomic mass is 9.90. The van der Waals surface area contributed by atoms with Crippen molar-refractivity contribution in [1.82, 2.24) is 0 Å². The zero-order valence-corrected chi connectivity index (χ0v) is 12.8. The Morgan fingerprint density at radius 2 is 1.90 bits per heavy atom. The maximum Gasteiger partial charge on any atom is 0.0207 e. The van der Waals surface area contributed by atoms with E-state index in [1.807, 2.05) is 12.2 Å². The first kappa shape index (κ1) is 15.1. The number of benzene rings is 1. The first-order chi connectivity index (χ1) is 10.2. The van der Waals surface area contributed by atoms with Crippen molar-refractivity contribution < 1.29 is 0 Å². The minimum Gasteiger partial charge on any atom is -0.0991 e. The average molecular weight is 274 g/mol. The zero-order valence-electron chi connectivity index (χ0n) is 12.8. The Balaban J connectivity index is 2.46. The Bertz CT molecular complexity index is 634. The van der Waals surface area contributed by atoms with Crippen molar-refractivity contribution in [1.29, 1.82) is 0 Å². The van der Waals surface area contributed by atoms with Crippen LogP contribution in [0, 0.1) is 5.92 Å². The van der Waals surface area contributed by atoms with Gasteiger partial charge >= 0.3 is 0 Å². The van der Waals surface area contributed by atoms with E-state index < -0.39 is 0 Å². The summed E-state index contributed by atoms with van der Waals surface area (Å²) in [4.78, 5) is 0. The topological polar surface area (TPSA) is 0 Å². The van der Waals surface area contributed by atoms with E-state index in [4.69, 9.17) is 0 Å². The Labute approximate surface area is 128 Å². The van der Waals surface area contributed by atoms with Crippen molar-refractivity contribution in [2.45, 2.75) is 13.8 Å². The smallest absolute Gasteiger partial charge is 0.0207 e. The summed E-state index contributed by atoms with van der Waals surface area (Å²) < 4.78 is 0. The van der Waals surface area contributed by atoms with Gasteiger partial charge in [0.2, 0.25) is 0 Å². The largest absolute Gasteiger partial charge is 0.0991 e. The summed E-state index contributed by atoms with van der Waals surface area (Å²) in [5.41, 5.74) is 5.14. The molecule has 0 aromatic heterocycles. The molecular formula is C21H22. The maximum absolute atomic E-state index is 3.78. The third-order valence-corrected chi connectivity index (χ3v) is 3.65. The van der Waals surface area contributed by atoms with E-state index in [9.17, 15) is 0 Å². The molecule has 0 heteroatoms. The predicted molar refractivity (Wildman–Crippen MR) is 93.9 cm³/mol. The Kier molecular flexibility index (Phi) is 5.34. The molecule has 0 fully saturated rings. The maximum atomic E-state index is 3.78. The molecule has 1 aromatic carbocycles. The molecule has 0 saturated carbocycles. The second kappa shape index (κ2) is 7.44. The van der Waals surface area contributed by atoms with Gasteiger partial charge < -0.3 is 0 Å². The van der Waals surface area contributed by atoms with Crippen LogP contribution >= 0.6 is 0 Å². The fourth-order valence-corrected chi connectivity index (χ4v) is 2.42. The summed E-state index contributed by atoms with van der Waals surface area (Å²) in [5.74, 6) is 0.287. The molecule has 1 aliphatic rings. The molecule has 0 heterocycles. The third-order valence-electron chi connectivity index (χ3n) is 3.65. The number of hydrogen-bond acceptors (Lipinski definition) is 0. The van der Waals surface area contributed by atoms with Gasteiger partial charge in [0.25, 0.3) is 0 Å². The van der Waals surface area contributed by atoms with Crippen molar-refractivity contribution in [3.8, 4) is 0 Å². The van der Waals surface area contributed by atoms with Gasteiger partial charge in [-0.15, -0.1) is 0 Å². The molecule has 2 rings (SSSR count). The summed E-state index contributed by atoms with van der Waals surface area (Å²) in [6.07, 6.45) is 17.0. The molecule has 0 aliphatic heterocycles. The molecule has 21 heavy (non-hydrogen) atoms. The first-order valence-corrected chi connectivity index (χ1v) is 7.31. The highest BCUT2D eigenvalue weighted by molar-refractivity contribution is 5.70. The quantitative estimate of drug-likeness (QED) is 0.600. The molecule has 1 atom stereocenters. The van der Waals surface area contributed by atoms with Crippen LogP contribution in [0.2, 0.25) is 0 Å². The molecule has 0 amide bonds. The minimum absolute atomic E-state index is 0.287. The van der Waals surface area contributed by atoms with E-state index in [-0.39, 0.29) is 5.92 Å². The molecule has 1 aromatic rings. The molecule has 0 radical (unpaired) electrons. The van der Waals surface area contributed by atoms with Crippen LogP contribution in [-0.2, 0) is 0 Å². The van der Waals surface area contributed by atoms with Gasteiger partial charge in [0.1, 0.15) is 0 Å². The summed E-state index contributed by atoms with van der Waals surface area (Å²) in [5, 5.41) is 0. The molecule has 0 saturated heterocycles. The lowest BCUT2D eigenvalue weighted by Crippen LogP contribution is -1.98. The molecule has 1 aliphatic carbocycles. The Morgan fingerprint density at radius 3 is 2.62 bits per heavy atom. The van der Waals surface area contributed by atoms with Gasteiger partial charge in [0.15, 0.2) is 0 Å². The summed E-state index contributed by atoms with van der Waals surface area (Å²) in [6.45, 7) is 8.09. The predicted octanol–water partition coefficient (Wildman–Crippen LogP) is 5.89. The van der Waals surface area contributed by atoms with Crippen LogP contribution in [0.4, 0.5) is 0 Å². The minimum atomic E-state index is 0.287. The van der Waals surface area contributed by atoms with E-state index in [0.29, 0.717) is 0 Å². The summed E-state index contributed by atoms with van der Waals surface area (Å²) in [7, 11) is 0. The monoisotopic (exact) mass is 274 g/mol. The Hall–Kier alpha value is -2.34. The number of allylic oxidation sites excluding steroid dienone is 11. The van der Waals surface area contributed by atoms with Crippen LogP contribution in [0.1, 0.15) is 19.4 Å². The molecule has 106 valence electrons. The van der Waals surface area contributed by atoms with Gasteiger partial charge in [-0.2, -0.15) is 0 Å². The summed E-state index contributed by atoms with van der Waals surface area (Å²) >= 11 is 0. The first-order valence-electron chi connectivity index (χ1n) is 7.31. The lowest BCUT2D eigenvalue weighted by molar-refractivity contribution is 1.01. The standard InChI is InChI=1S/C21H22/c1-4-5-14-21(18(3)19-11-7-6-8-12-19)20-13-9-10-17(2)15-16-20/h4-16,20H,1H2,2-3H3/b14-5-,21-18-. The number of hydrogen-bond donors (Lipinski definition) is 0. The van der Waals surface area contributed by atoms with E-state index in [0.717, 1.165) is 0 Å². The molecule has 0 N–H and O–H groups in total. The van der Waals surface area contributed by atoms with Crippen LogP contribution in [0.5, 0.6) is 0 Å². The van der Waals surface area contributed by atoms with Crippen LogP contribution in [0.3, 0.4) is 0 Å². The molecule has 1 unspecified atom stereocenters. The van der Waals surface area contributed by atoms with Crippen molar-refractivity contribution in [3.63, 3.8) is 0 Å². The summed E-state index contributed by atoms with van der Waals surface area (Å²) in [6, 6.07) is 10.5. The van der Waals surface area contributed by atoms with Crippen molar-refractivity contribution in [2.75, 3.05) is 0 Å². The van der Waals surface area contributed by atoms with Gasteiger partial charge in [-0.1, -0.05) is 91.1 Å². The second-order valence-electron chi connectivity index (χ2n) is 5.22.